The van der Waals surface area contributed by atoms with Crippen molar-refractivity contribution in [3.05, 3.63) is 60.2 Å². The van der Waals surface area contributed by atoms with Gasteiger partial charge in [0.05, 0.1) is 13.2 Å². The Hall–Kier alpha value is -2.49. The van der Waals surface area contributed by atoms with E-state index in [4.69, 9.17) is 10.5 Å². The second kappa shape index (κ2) is 5.72. The Morgan fingerprint density at radius 2 is 1.86 bits per heavy atom. The van der Waals surface area contributed by atoms with Crippen LogP contribution in [-0.4, -0.2) is 19.1 Å². The van der Waals surface area contributed by atoms with Crippen LogP contribution in [0.5, 0.6) is 5.75 Å². The van der Waals surface area contributed by atoms with Crippen LogP contribution in [0.2, 0.25) is 0 Å². The van der Waals surface area contributed by atoms with Crippen molar-refractivity contribution < 1.29 is 4.74 Å². The lowest BCUT2D eigenvalue weighted by Crippen LogP contribution is -2.24. The van der Waals surface area contributed by atoms with Gasteiger partial charge in [0.1, 0.15) is 5.75 Å². The summed E-state index contributed by atoms with van der Waals surface area (Å²) in [5.41, 5.74) is 8.16. The number of nitrogens with zero attached hydrogens (tertiary/aromatic N) is 1. The van der Waals surface area contributed by atoms with E-state index in [2.05, 4.69) is 23.3 Å². The number of hydrogen-bond acceptors (Lipinski definition) is 2. The molecule has 0 heterocycles. The van der Waals surface area contributed by atoms with Crippen molar-refractivity contribution in [1.29, 1.82) is 0 Å². The number of rotatable bonds is 4. The van der Waals surface area contributed by atoms with Gasteiger partial charge in [-0.1, -0.05) is 43.3 Å². The van der Waals surface area contributed by atoms with Crippen LogP contribution in [0.3, 0.4) is 0 Å². The first-order valence-electron chi connectivity index (χ1n) is 7.42. The highest BCUT2D eigenvalue weighted by Crippen LogP contribution is 2.52. The zero-order chi connectivity index (χ0) is 15.6. The molecule has 22 heavy (non-hydrogen) atoms. The van der Waals surface area contributed by atoms with Gasteiger partial charge in [-0.05, 0) is 24.6 Å². The van der Waals surface area contributed by atoms with Crippen LogP contribution < -0.4 is 15.8 Å². The minimum Gasteiger partial charge on any atom is -0.496 e. The second-order valence-electron chi connectivity index (χ2n) is 5.84. The van der Waals surface area contributed by atoms with Gasteiger partial charge < -0.3 is 15.8 Å². The molecular formula is C18H21N3O. The summed E-state index contributed by atoms with van der Waals surface area (Å²) >= 11 is 0. The zero-order valence-electron chi connectivity index (χ0n) is 12.9. The van der Waals surface area contributed by atoms with Crippen LogP contribution in [0.1, 0.15) is 18.9 Å². The Kier molecular flexibility index (Phi) is 3.75. The maximum absolute atomic E-state index is 6.02. The van der Waals surface area contributed by atoms with Crippen LogP contribution in [0.4, 0.5) is 5.69 Å². The average Bonchev–Trinajstić information content (AvgIpc) is 3.19. The molecule has 1 aliphatic rings. The molecule has 114 valence electrons. The van der Waals surface area contributed by atoms with Gasteiger partial charge in [-0.2, -0.15) is 0 Å². The van der Waals surface area contributed by atoms with Crippen molar-refractivity contribution in [2.45, 2.75) is 24.8 Å². The van der Waals surface area contributed by atoms with E-state index in [9.17, 15) is 0 Å². The van der Waals surface area contributed by atoms with Gasteiger partial charge in [0.25, 0.3) is 0 Å². The Morgan fingerprint density at radius 3 is 2.59 bits per heavy atom. The Morgan fingerprint density at radius 1 is 1.18 bits per heavy atom. The normalized spacial score (nSPS) is 23.9. The van der Waals surface area contributed by atoms with Crippen molar-refractivity contribution in [2.24, 2.45) is 10.7 Å². The summed E-state index contributed by atoms with van der Waals surface area (Å²) in [6, 6.07) is 18.1. The molecule has 4 heteroatoms. The van der Waals surface area contributed by atoms with Crippen molar-refractivity contribution in [3.63, 3.8) is 0 Å². The van der Waals surface area contributed by atoms with Gasteiger partial charge in [-0.15, -0.1) is 0 Å². The van der Waals surface area contributed by atoms with Crippen LogP contribution in [-0.2, 0) is 5.41 Å². The first-order chi connectivity index (χ1) is 10.6. The van der Waals surface area contributed by atoms with Crippen LogP contribution in [0, 0.1) is 0 Å². The van der Waals surface area contributed by atoms with Crippen LogP contribution in [0.15, 0.2) is 59.6 Å². The summed E-state index contributed by atoms with van der Waals surface area (Å²) in [7, 11) is 1.70. The number of anilines is 1. The molecule has 2 aromatic rings. The topological polar surface area (TPSA) is 59.6 Å². The third kappa shape index (κ3) is 2.77. The highest BCUT2D eigenvalue weighted by molar-refractivity contribution is 5.92. The highest BCUT2D eigenvalue weighted by Gasteiger charge is 2.53. The molecule has 1 fully saturated rings. The van der Waals surface area contributed by atoms with Gasteiger partial charge >= 0.3 is 0 Å². The molecule has 4 nitrogen and oxygen atoms in total. The molecule has 3 rings (SSSR count). The summed E-state index contributed by atoms with van der Waals surface area (Å²) in [5.74, 6) is 1.37. The highest BCUT2D eigenvalue weighted by atomic mass is 16.5. The summed E-state index contributed by atoms with van der Waals surface area (Å²) in [5, 5.41) is 3.13. The van der Waals surface area contributed by atoms with Crippen LogP contribution >= 0.6 is 0 Å². The molecule has 1 saturated carbocycles. The predicted octanol–water partition coefficient (Wildman–Crippen LogP) is 3.15. The first kappa shape index (κ1) is 14.4. The Labute approximate surface area is 131 Å². The first-order valence-corrected chi connectivity index (χ1v) is 7.42. The third-order valence-corrected chi connectivity index (χ3v) is 4.26. The number of aliphatic imine (C=N–C) groups is 1. The molecule has 0 bridgehead atoms. The number of nitrogens with two attached hydrogens (primary N) is 1. The van der Waals surface area contributed by atoms with E-state index in [-0.39, 0.29) is 11.5 Å². The molecular weight excluding hydrogens is 274 g/mol. The average molecular weight is 295 g/mol. The van der Waals surface area contributed by atoms with E-state index < -0.39 is 0 Å². The quantitative estimate of drug-likeness (QED) is 0.673. The van der Waals surface area contributed by atoms with E-state index in [1.165, 1.54) is 5.56 Å². The van der Waals surface area contributed by atoms with E-state index >= 15 is 0 Å². The van der Waals surface area contributed by atoms with Crippen LogP contribution in [0.25, 0.3) is 0 Å². The number of para-hydroxylation sites is 2. The molecule has 0 amide bonds. The molecule has 0 radical (unpaired) electrons. The van der Waals surface area contributed by atoms with E-state index in [1.54, 1.807) is 7.11 Å². The second-order valence-corrected chi connectivity index (χ2v) is 5.84. The molecule has 0 saturated heterocycles. The zero-order valence-corrected chi connectivity index (χ0v) is 12.9. The Balaban J connectivity index is 1.74. The van der Waals surface area contributed by atoms with Gasteiger partial charge in [-0.25, -0.2) is 4.99 Å². The molecule has 2 unspecified atom stereocenters. The fraction of sp³-hybridized carbons (Fsp3) is 0.278. The molecule has 1 aliphatic carbocycles. The largest absolute Gasteiger partial charge is 0.496 e. The van der Waals surface area contributed by atoms with Gasteiger partial charge in [-0.3, -0.25) is 0 Å². The standard InChI is InChI=1S/C18H21N3O/c1-18(14-10-6-7-11-15(14)22-2)12-16(18)21-17(19)20-13-8-4-3-5-9-13/h3-11,16H,12H2,1-2H3,(H3,19,20,21). The lowest BCUT2D eigenvalue weighted by Gasteiger charge is -2.15. The number of guanidine groups is 1. The SMILES string of the molecule is COc1ccccc1C1(C)CC1N=C(N)Nc1ccccc1. The maximum Gasteiger partial charge on any atom is 0.193 e. The smallest absolute Gasteiger partial charge is 0.193 e. The predicted molar refractivity (Wildman–Crippen MR) is 90.4 cm³/mol. The third-order valence-electron chi connectivity index (χ3n) is 4.26. The molecule has 0 aromatic heterocycles. The van der Waals surface area contributed by atoms with Crippen molar-refractivity contribution in [3.8, 4) is 5.75 Å². The fourth-order valence-corrected chi connectivity index (χ4v) is 2.81. The summed E-state index contributed by atoms with van der Waals surface area (Å²) in [4.78, 5) is 4.62. The number of benzene rings is 2. The minimum absolute atomic E-state index is 0.00437. The minimum atomic E-state index is -0.00437. The lowest BCUT2D eigenvalue weighted by atomic mass is 9.96. The van der Waals surface area contributed by atoms with Gasteiger partial charge in [0.15, 0.2) is 5.96 Å². The number of methoxy groups -OCH3 is 1. The van der Waals surface area contributed by atoms with Crippen molar-refractivity contribution in [2.75, 3.05) is 12.4 Å². The molecule has 2 atom stereocenters. The summed E-state index contributed by atoms with van der Waals surface area (Å²) in [6.45, 7) is 2.20. The molecule has 2 aromatic carbocycles. The Bertz CT molecular complexity index is 684. The number of ether oxygens (including phenoxy) is 1. The van der Waals surface area contributed by atoms with E-state index in [1.807, 2.05) is 48.5 Å². The fourth-order valence-electron chi connectivity index (χ4n) is 2.81. The van der Waals surface area contributed by atoms with E-state index in [0.717, 1.165) is 17.9 Å². The number of hydrogen-bond donors (Lipinski definition) is 2. The summed E-state index contributed by atoms with van der Waals surface area (Å²) in [6.07, 6.45) is 0.977. The van der Waals surface area contributed by atoms with Crippen molar-refractivity contribution >= 4 is 11.6 Å². The van der Waals surface area contributed by atoms with Crippen molar-refractivity contribution in [1.82, 2.24) is 0 Å². The van der Waals surface area contributed by atoms with Gasteiger partial charge in [0.2, 0.25) is 0 Å². The van der Waals surface area contributed by atoms with Gasteiger partial charge in [0, 0.05) is 16.7 Å². The summed E-state index contributed by atoms with van der Waals surface area (Å²) < 4.78 is 5.47. The molecule has 0 spiro atoms. The number of nitrogens with one attached hydrogen (secondary N) is 1. The maximum atomic E-state index is 6.02. The van der Waals surface area contributed by atoms with E-state index in [0.29, 0.717) is 5.96 Å². The molecule has 3 N–H and O–H groups in total. The molecule has 0 aliphatic heterocycles. The monoisotopic (exact) mass is 295 g/mol. The lowest BCUT2D eigenvalue weighted by molar-refractivity contribution is 0.405.